The highest BCUT2D eigenvalue weighted by Crippen LogP contribution is 2.28. The highest BCUT2D eigenvalue weighted by atomic mass is 127. The maximum Gasteiger partial charge on any atom is 0.245 e. The van der Waals surface area contributed by atoms with Crippen molar-refractivity contribution < 1.29 is 42.8 Å². The van der Waals surface area contributed by atoms with Gasteiger partial charge in [0.25, 0.3) is 0 Å². The summed E-state index contributed by atoms with van der Waals surface area (Å²) in [6.07, 6.45) is 7.29. The molecule has 1 saturated heterocycles. The van der Waals surface area contributed by atoms with Gasteiger partial charge in [-0.15, -0.1) is 6.42 Å². The van der Waals surface area contributed by atoms with Crippen LogP contribution in [0.4, 0.5) is 0 Å². The standard InChI is InChI=1S/C16H20NO3S.HI/c1-4-9-20-13-5-6-14(15(12-13)18-2)16(21-3)17-7-10-19-11-8-17;/h1,5-6,12H,7-11H2,2-3H3;1H/q+1;/p-1. The first-order valence-corrected chi connectivity index (χ1v) is 8.01. The molecule has 4 nitrogen and oxygen atoms in total. The van der Waals surface area contributed by atoms with Crippen LogP contribution in [0.5, 0.6) is 11.5 Å². The number of halogens is 1. The molecule has 120 valence electrons. The Balaban J connectivity index is 0.00000242. The van der Waals surface area contributed by atoms with Crippen molar-refractivity contribution in [2.45, 2.75) is 0 Å². The number of hydrogen-bond donors (Lipinski definition) is 0. The first-order valence-electron chi connectivity index (χ1n) is 6.78. The third kappa shape index (κ3) is 4.80. The minimum Gasteiger partial charge on any atom is -1.00 e. The predicted octanol–water partition coefficient (Wildman–Crippen LogP) is -1.14. The topological polar surface area (TPSA) is 30.7 Å². The van der Waals surface area contributed by atoms with Crippen LogP contribution >= 0.6 is 11.8 Å². The van der Waals surface area contributed by atoms with Crippen LogP contribution in [0.1, 0.15) is 5.56 Å². The van der Waals surface area contributed by atoms with E-state index in [9.17, 15) is 0 Å². The maximum absolute atomic E-state index is 5.52. The van der Waals surface area contributed by atoms with Gasteiger partial charge in [0.15, 0.2) is 13.1 Å². The molecule has 0 aromatic heterocycles. The van der Waals surface area contributed by atoms with Crippen molar-refractivity contribution in [3.63, 3.8) is 0 Å². The number of hydrogen-bond acceptors (Lipinski definition) is 4. The van der Waals surface area contributed by atoms with Gasteiger partial charge in [0.1, 0.15) is 31.3 Å². The second-order valence-electron chi connectivity index (χ2n) is 4.46. The van der Waals surface area contributed by atoms with Crippen LogP contribution in [0.15, 0.2) is 18.2 Å². The van der Waals surface area contributed by atoms with Crippen molar-refractivity contribution in [3.05, 3.63) is 23.8 Å². The summed E-state index contributed by atoms with van der Waals surface area (Å²) in [6, 6.07) is 5.82. The van der Waals surface area contributed by atoms with Gasteiger partial charge in [0, 0.05) is 6.07 Å². The van der Waals surface area contributed by atoms with Crippen molar-refractivity contribution in [3.8, 4) is 23.8 Å². The van der Waals surface area contributed by atoms with E-state index in [1.807, 2.05) is 18.2 Å². The molecular weight excluding hydrogens is 413 g/mol. The molecule has 0 saturated carbocycles. The van der Waals surface area contributed by atoms with Gasteiger partial charge in [0.05, 0.1) is 12.7 Å². The molecule has 0 N–H and O–H groups in total. The Morgan fingerprint density at radius 1 is 1.41 bits per heavy atom. The van der Waals surface area contributed by atoms with E-state index in [0.717, 1.165) is 43.4 Å². The molecule has 6 heteroatoms. The van der Waals surface area contributed by atoms with E-state index < -0.39 is 0 Å². The first kappa shape index (κ1) is 19.1. The Morgan fingerprint density at radius 2 is 2.14 bits per heavy atom. The molecular formula is C16H20INO3S. The SMILES string of the molecule is C#CCOc1ccc(C(SC)=[N+]2CCOCC2)c(OC)c1.[I-]. The van der Waals surface area contributed by atoms with E-state index in [-0.39, 0.29) is 30.6 Å². The molecule has 1 aliphatic heterocycles. The minimum absolute atomic E-state index is 0. The molecule has 0 amide bonds. The van der Waals surface area contributed by atoms with Crippen LogP contribution in [-0.4, -0.2) is 55.9 Å². The number of ether oxygens (including phenoxy) is 3. The molecule has 1 aromatic carbocycles. The van der Waals surface area contributed by atoms with Gasteiger partial charge >= 0.3 is 0 Å². The third-order valence-electron chi connectivity index (χ3n) is 3.22. The van der Waals surface area contributed by atoms with E-state index in [0.29, 0.717) is 0 Å². The molecule has 0 unspecified atom stereocenters. The summed E-state index contributed by atoms with van der Waals surface area (Å²) < 4.78 is 18.7. The molecule has 1 aliphatic rings. The van der Waals surface area contributed by atoms with Gasteiger partial charge in [-0.05, 0) is 18.4 Å². The van der Waals surface area contributed by atoms with Crippen LogP contribution < -0.4 is 33.5 Å². The van der Waals surface area contributed by atoms with Crippen molar-refractivity contribution in [2.75, 3.05) is 46.3 Å². The quantitative estimate of drug-likeness (QED) is 0.260. The fourth-order valence-corrected chi connectivity index (χ4v) is 3.07. The second kappa shape index (κ2) is 9.98. The molecule has 1 fully saturated rings. The lowest BCUT2D eigenvalue weighted by atomic mass is 10.2. The number of benzene rings is 1. The number of nitrogens with zero attached hydrogens (tertiary/aromatic N) is 1. The summed E-state index contributed by atoms with van der Waals surface area (Å²) in [5.41, 5.74) is 1.07. The molecule has 1 aromatic rings. The van der Waals surface area contributed by atoms with Crippen LogP contribution in [-0.2, 0) is 4.74 Å². The summed E-state index contributed by atoms with van der Waals surface area (Å²) in [7, 11) is 1.67. The van der Waals surface area contributed by atoms with Crippen LogP contribution in [0.3, 0.4) is 0 Å². The summed E-state index contributed by atoms with van der Waals surface area (Å²) in [5, 5.41) is 1.19. The average molecular weight is 433 g/mol. The van der Waals surface area contributed by atoms with Crippen LogP contribution in [0, 0.1) is 12.3 Å². The van der Waals surface area contributed by atoms with E-state index in [1.54, 1.807) is 18.9 Å². The van der Waals surface area contributed by atoms with Crippen LogP contribution in [0.2, 0.25) is 0 Å². The molecule has 2 rings (SSSR count). The van der Waals surface area contributed by atoms with Gasteiger partial charge < -0.3 is 38.2 Å². The third-order valence-corrected chi connectivity index (χ3v) is 4.08. The van der Waals surface area contributed by atoms with Crippen molar-refractivity contribution in [2.24, 2.45) is 0 Å². The largest absolute Gasteiger partial charge is 1.00 e. The second-order valence-corrected chi connectivity index (χ2v) is 5.26. The van der Waals surface area contributed by atoms with E-state index in [2.05, 4.69) is 16.8 Å². The lowest BCUT2D eigenvalue weighted by Crippen LogP contribution is -3.00. The highest BCUT2D eigenvalue weighted by Gasteiger charge is 2.23. The summed E-state index contributed by atoms with van der Waals surface area (Å²) in [4.78, 5) is 0. The zero-order valence-corrected chi connectivity index (χ0v) is 15.8. The summed E-state index contributed by atoms with van der Waals surface area (Å²) in [6.45, 7) is 3.57. The number of morpholine rings is 1. The molecule has 0 atom stereocenters. The van der Waals surface area contributed by atoms with Gasteiger partial charge in [0.2, 0.25) is 5.04 Å². The summed E-state index contributed by atoms with van der Waals surface area (Å²) in [5.74, 6) is 3.97. The normalized spacial score (nSPS) is 13.8. The van der Waals surface area contributed by atoms with Crippen molar-refractivity contribution >= 4 is 16.8 Å². The first-order chi connectivity index (χ1) is 10.3. The van der Waals surface area contributed by atoms with Gasteiger partial charge in [-0.1, -0.05) is 17.7 Å². The molecule has 0 spiro atoms. The van der Waals surface area contributed by atoms with Gasteiger partial charge in [-0.2, -0.15) is 0 Å². The predicted molar refractivity (Wildman–Crippen MR) is 85.8 cm³/mol. The molecule has 0 radical (unpaired) electrons. The fourth-order valence-electron chi connectivity index (χ4n) is 2.24. The lowest BCUT2D eigenvalue weighted by molar-refractivity contribution is -0.546. The summed E-state index contributed by atoms with van der Waals surface area (Å²) >= 11 is 1.72. The monoisotopic (exact) mass is 433 g/mol. The number of terminal acetylenes is 1. The Hall–Kier alpha value is -0.910. The smallest absolute Gasteiger partial charge is 0.245 e. The van der Waals surface area contributed by atoms with E-state index >= 15 is 0 Å². The van der Waals surface area contributed by atoms with Crippen LogP contribution in [0.25, 0.3) is 0 Å². The average Bonchev–Trinajstić information content (AvgIpc) is 2.55. The Bertz CT molecular complexity index is 561. The maximum atomic E-state index is 5.52. The Morgan fingerprint density at radius 3 is 2.73 bits per heavy atom. The number of thioether (sulfide) groups is 1. The number of methoxy groups -OCH3 is 1. The van der Waals surface area contributed by atoms with Gasteiger partial charge in [-0.3, -0.25) is 0 Å². The van der Waals surface area contributed by atoms with E-state index in [4.69, 9.17) is 20.6 Å². The Kier molecular flexibility index (Phi) is 8.68. The van der Waals surface area contributed by atoms with Gasteiger partial charge in [-0.25, -0.2) is 4.58 Å². The molecule has 22 heavy (non-hydrogen) atoms. The molecule has 1 heterocycles. The fraction of sp³-hybridized carbons (Fsp3) is 0.438. The molecule has 0 aliphatic carbocycles. The van der Waals surface area contributed by atoms with E-state index in [1.165, 1.54) is 5.04 Å². The number of rotatable bonds is 4. The minimum atomic E-state index is 0. The highest BCUT2D eigenvalue weighted by molar-refractivity contribution is 8.13. The zero-order chi connectivity index (χ0) is 15.1. The van der Waals surface area contributed by atoms with Crippen molar-refractivity contribution in [1.82, 2.24) is 0 Å². The lowest BCUT2D eigenvalue weighted by Gasteiger charge is -2.16. The Labute approximate surface area is 153 Å². The molecule has 0 bridgehead atoms. The van der Waals surface area contributed by atoms with Crippen molar-refractivity contribution in [1.29, 1.82) is 0 Å². The zero-order valence-electron chi connectivity index (χ0n) is 12.8.